The summed E-state index contributed by atoms with van der Waals surface area (Å²) in [7, 11) is 0. The van der Waals surface area contributed by atoms with E-state index < -0.39 is 23.9 Å². The highest BCUT2D eigenvalue weighted by Gasteiger charge is 2.13. The maximum atomic E-state index is 13.5. The molecule has 1 aromatic rings. The van der Waals surface area contributed by atoms with Crippen LogP contribution in [0.25, 0.3) is 0 Å². The van der Waals surface area contributed by atoms with Crippen molar-refractivity contribution in [3.8, 4) is 17.9 Å². The third kappa shape index (κ3) is 3.39. The molecule has 8 heteroatoms. The molecule has 5 nitrogen and oxygen atoms in total. The lowest BCUT2D eigenvalue weighted by Crippen LogP contribution is -2.05. The lowest BCUT2D eigenvalue weighted by atomic mass is 10.3. The molecule has 18 heavy (non-hydrogen) atoms. The smallest absolute Gasteiger partial charge is 0.387 e. The molecule has 0 radical (unpaired) electrons. The fourth-order valence-electron chi connectivity index (χ4n) is 0.975. The minimum absolute atomic E-state index is 0.295. The molecule has 1 N–H and O–H groups in total. The highest BCUT2D eigenvalue weighted by atomic mass is 19.3. The number of anilines is 1. The number of rotatable bonds is 4. The van der Waals surface area contributed by atoms with E-state index >= 15 is 0 Å². The zero-order chi connectivity index (χ0) is 13.5. The quantitative estimate of drug-likeness (QED) is 0.659. The minimum atomic E-state index is -3.16. The number of alkyl halides is 2. The third-order valence-corrected chi connectivity index (χ3v) is 1.68. The van der Waals surface area contributed by atoms with Crippen LogP contribution in [0.1, 0.15) is 0 Å². The summed E-state index contributed by atoms with van der Waals surface area (Å²) in [6.45, 7) is -3.16. The van der Waals surface area contributed by atoms with Crippen molar-refractivity contribution in [2.75, 3.05) is 5.43 Å². The van der Waals surface area contributed by atoms with Crippen molar-refractivity contribution in [1.82, 2.24) is 0 Å². The third-order valence-electron chi connectivity index (χ3n) is 1.68. The molecule has 0 amide bonds. The SMILES string of the molecule is N#CC(C#N)=NNc1cccc(OC(F)F)c1F. The maximum absolute atomic E-state index is 13.5. The van der Waals surface area contributed by atoms with Gasteiger partial charge in [0.1, 0.15) is 12.1 Å². The Labute approximate surface area is 99.7 Å². The number of nitrogens with one attached hydrogen (secondary N) is 1. The largest absolute Gasteiger partial charge is 0.432 e. The first-order chi connectivity index (χ1) is 8.58. The van der Waals surface area contributed by atoms with Gasteiger partial charge in [-0.3, -0.25) is 5.43 Å². The van der Waals surface area contributed by atoms with Crippen molar-refractivity contribution >= 4 is 11.4 Å². The molecule has 0 saturated carbocycles. The molecule has 0 aliphatic rings. The van der Waals surface area contributed by atoms with Gasteiger partial charge in [0.05, 0.1) is 5.69 Å². The molecule has 0 aliphatic heterocycles. The molecule has 0 atom stereocenters. The summed E-state index contributed by atoms with van der Waals surface area (Å²) >= 11 is 0. The summed E-state index contributed by atoms with van der Waals surface area (Å²) < 4.78 is 41.3. The average Bonchev–Trinajstić information content (AvgIpc) is 2.34. The van der Waals surface area contributed by atoms with Crippen LogP contribution in [0.15, 0.2) is 23.3 Å². The van der Waals surface area contributed by atoms with Crippen LogP contribution in [0.5, 0.6) is 5.75 Å². The summed E-state index contributed by atoms with van der Waals surface area (Å²) in [5, 5.41) is 20.0. The Hall–Kier alpha value is -2.74. The molecule has 0 spiro atoms. The van der Waals surface area contributed by atoms with E-state index in [0.717, 1.165) is 6.07 Å². The molecule has 0 bridgehead atoms. The van der Waals surface area contributed by atoms with Gasteiger partial charge in [-0.25, -0.2) is 4.39 Å². The van der Waals surface area contributed by atoms with Crippen molar-refractivity contribution in [2.24, 2.45) is 5.10 Å². The highest BCUT2D eigenvalue weighted by Crippen LogP contribution is 2.25. The fraction of sp³-hybridized carbons (Fsp3) is 0.100. The van der Waals surface area contributed by atoms with Crippen LogP contribution >= 0.6 is 0 Å². The van der Waals surface area contributed by atoms with Gasteiger partial charge in [-0.15, -0.1) is 0 Å². The predicted molar refractivity (Wildman–Crippen MR) is 55.3 cm³/mol. The van der Waals surface area contributed by atoms with Crippen LogP contribution < -0.4 is 10.2 Å². The summed E-state index contributed by atoms with van der Waals surface area (Å²) in [4.78, 5) is 0. The zero-order valence-electron chi connectivity index (χ0n) is 8.69. The number of hydrogen-bond acceptors (Lipinski definition) is 5. The second-order valence-electron chi connectivity index (χ2n) is 2.79. The van der Waals surface area contributed by atoms with E-state index in [2.05, 4.69) is 15.3 Å². The molecule has 1 rings (SSSR count). The Morgan fingerprint density at radius 2 is 2.00 bits per heavy atom. The molecule has 1 aromatic carbocycles. The van der Waals surface area contributed by atoms with Gasteiger partial charge in [0.2, 0.25) is 5.71 Å². The van der Waals surface area contributed by atoms with Crippen LogP contribution in [-0.2, 0) is 0 Å². The normalized spacial score (nSPS) is 9.22. The number of hydrazone groups is 1. The Balaban J connectivity index is 2.95. The lowest BCUT2D eigenvalue weighted by molar-refractivity contribution is -0.0521. The summed E-state index contributed by atoms with van der Waals surface area (Å²) in [6, 6.07) is 6.32. The van der Waals surface area contributed by atoms with Gasteiger partial charge in [-0.1, -0.05) is 6.07 Å². The molecule has 0 heterocycles. The number of nitriles is 2. The van der Waals surface area contributed by atoms with E-state index in [9.17, 15) is 13.2 Å². The number of halogens is 3. The first-order valence-corrected chi connectivity index (χ1v) is 4.45. The number of ether oxygens (including phenoxy) is 1. The standard InChI is InChI=1S/C10H5F3N4O/c11-9-7(17-16-6(4-14)5-15)2-1-3-8(9)18-10(12)13/h1-3,10,17H. The zero-order valence-corrected chi connectivity index (χ0v) is 8.69. The van der Waals surface area contributed by atoms with Gasteiger partial charge >= 0.3 is 6.61 Å². The Bertz CT molecular complexity index is 529. The van der Waals surface area contributed by atoms with Gasteiger partial charge in [0.15, 0.2) is 11.6 Å². The molecular weight excluding hydrogens is 249 g/mol. The van der Waals surface area contributed by atoms with Crippen LogP contribution in [-0.4, -0.2) is 12.3 Å². The molecule has 0 saturated heterocycles. The van der Waals surface area contributed by atoms with Crippen molar-refractivity contribution in [2.45, 2.75) is 6.61 Å². The Morgan fingerprint density at radius 1 is 1.33 bits per heavy atom. The summed E-state index contributed by atoms with van der Waals surface area (Å²) in [6.07, 6.45) is 0. The van der Waals surface area contributed by atoms with Gasteiger partial charge in [0.25, 0.3) is 0 Å². The van der Waals surface area contributed by atoms with Crippen LogP contribution in [0.2, 0.25) is 0 Å². The van der Waals surface area contributed by atoms with Gasteiger partial charge in [0, 0.05) is 0 Å². The number of nitrogens with zero attached hydrogens (tertiary/aromatic N) is 3. The van der Waals surface area contributed by atoms with E-state index in [1.807, 2.05) is 0 Å². The monoisotopic (exact) mass is 254 g/mol. The van der Waals surface area contributed by atoms with Gasteiger partial charge in [-0.05, 0) is 12.1 Å². The van der Waals surface area contributed by atoms with Crippen molar-refractivity contribution in [1.29, 1.82) is 10.5 Å². The fourth-order valence-corrected chi connectivity index (χ4v) is 0.975. The maximum Gasteiger partial charge on any atom is 0.387 e. The van der Waals surface area contributed by atoms with Gasteiger partial charge < -0.3 is 4.74 Å². The predicted octanol–water partition coefficient (Wildman–Crippen LogP) is 2.24. The lowest BCUT2D eigenvalue weighted by Gasteiger charge is -2.08. The minimum Gasteiger partial charge on any atom is -0.432 e. The Morgan fingerprint density at radius 3 is 2.56 bits per heavy atom. The molecule has 0 aliphatic carbocycles. The highest BCUT2D eigenvalue weighted by molar-refractivity contribution is 6.10. The summed E-state index contributed by atoms with van der Waals surface area (Å²) in [5.74, 6) is -1.77. The Kier molecular flexibility index (Phi) is 4.52. The van der Waals surface area contributed by atoms with E-state index in [-0.39, 0.29) is 5.69 Å². The van der Waals surface area contributed by atoms with Crippen LogP contribution in [0.4, 0.5) is 18.9 Å². The molecular formula is C10H5F3N4O. The number of hydrogen-bond donors (Lipinski definition) is 1. The van der Waals surface area contributed by atoms with Crippen molar-refractivity contribution in [3.05, 3.63) is 24.0 Å². The topological polar surface area (TPSA) is 81.2 Å². The average molecular weight is 254 g/mol. The van der Waals surface area contributed by atoms with Crippen LogP contribution in [0, 0.1) is 28.5 Å². The molecule has 0 fully saturated rings. The van der Waals surface area contributed by atoms with E-state index in [1.165, 1.54) is 24.3 Å². The van der Waals surface area contributed by atoms with E-state index in [0.29, 0.717) is 0 Å². The second-order valence-corrected chi connectivity index (χ2v) is 2.79. The van der Waals surface area contributed by atoms with E-state index in [1.54, 1.807) is 0 Å². The first-order valence-electron chi connectivity index (χ1n) is 4.45. The van der Waals surface area contributed by atoms with E-state index in [4.69, 9.17) is 10.5 Å². The second kappa shape index (κ2) is 6.11. The van der Waals surface area contributed by atoms with Crippen LogP contribution in [0.3, 0.4) is 0 Å². The summed E-state index contributed by atoms with van der Waals surface area (Å²) in [5.41, 5.74) is 1.24. The first kappa shape index (κ1) is 13.3. The van der Waals surface area contributed by atoms with Gasteiger partial charge in [-0.2, -0.15) is 24.4 Å². The van der Waals surface area contributed by atoms with Crippen molar-refractivity contribution < 1.29 is 17.9 Å². The molecule has 92 valence electrons. The molecule has 0 unspecified atom stereocenters. The molecule has 0 aromatic heterocycles. The van der Waals surface area contributed by atoms with Crippen molar-refractivity contribution in [3.63, 3.8) is 0 Å². The number of benzene rings is 1.